The maximum atomic E-state index is 12.8. The number of carbonyl (C=O) groups excluding carboxylic acids is 1. The molecular formula is C14H19FN2O3S. The number of amides is 1. The Balaban J connectivity index is 1.95. The van der Waals surface area contributed by atoms with Crippen molar-refractivity contribution < 1.29 is 17.6 Å². The van der Waals surface area contributed by atoms with Crippen LogP contribution in [-0.4, -0.2) is 37.8 Å². The second-order valence-electron chi connectivity index (χ2n) is 5.26. The third-order valence-electron chi connectivity index (χ3n) is 3.52. The predicted octanol–water partition coefficient (Wildman–Crippen LogP) is 1.26. The second kappa shape index (κ2) is 6.53. The number of nitrogens with zero attached hydrogens (tertiary/aromatic N) is 1. The SMILES string of the molecule is CC(=O)NC1CCN(S(=O)(=O)Cc2ccc(F)cc2)CC1. The van der Waals surface area contributed by atoms with Gasteiger partial charge in [0.05, 0.1) is 5.75 Å². The lowest BCUT2D eigenvalue weighted by atomic mass is 10.1. The highest BCUT2D eigenvalue weighted by Crippen LogP contribution is 2.18. The average Bonchev–Trinajstić information content (AvgIpc) is 2.41. The first-order chi connectivity index (χ1) is 9.87. The van der Waals surface area contributed by atoms with Crippen molar-refractivity contribution in [1.82, 2.24) is 9.62 Å². The Labute approximate surface area is 124 Å². The zero-order valence-corrected chi connectivity index (χ0v) is 12.7. The van der Waals surface area contributed by atoms with Gasteiger partial charge in [-0.05, 0) is 30.5 Å². The standard InChI is InChI=1S/C14H19FN2O3S/c1-11(18)16-14-6-8-17(9-7-14)21(19,20)10-12-2-4-13(15)5-3-12/h2-5,14H,6-10H2,1H3,(H,16,18). The number of hydrogen-bond donors (Lipinski definition) is 1. The van der Waals surface area contributed by atoms with Crippen molar-refractivity contribution in [1.29, 1.82) is 0 Å². The normalized spacial score (nSPS) is 17.6. The lowest BCUT2D eigenvalue weighted by molar-refractivity contribution is -0.119. The molecule has 0 saturated carbocycles. The van der Waals surface area contributed by atoms with E-state index in [1.807, 2.05) is 0 Å². The third-order valence-corrected chi connectivity index (χ3v) is 5.37. The second-order valence-corrected chi connectivity index (χ2v) is 7.23. The molecule has 1 heterocycles. The number of nitrogens with one attached hydrogen (secondary N) is 1. The van der Waals surface area contributed by atoms with Crippen LogP contribution in [0.3, 0.4) is 0 Å². The molecule has 1 N–H and O–H groups in total. The molecule has 116 valence electrons. The molecule has 0 aliphatic carbocycles. The molecule has 1 amide bonds. The molecule has 0 radical (unpaired) electrons. The summed E-state index contributed by atoms with van der Waals surface area (Å²) in [4.78, 5) is 11.0. The summed E-state index contributed by atoms with van der Waals surface area (Å²) in [5.74, 6) is -0.604. The summed E-state index contributed by atoms with van der Waals surface area (Å²) in [6.45, 7) is 2.25. The highest BCUT2D eigenvalue weighted by atomic mass is 32.2. The minimum atomic E-state index is -3.40. The van der Waals surface area contributed by atoms with Crippen LogP contribution in [-0.2, 0) is 20.6 Å². The van der Waals surface area contributed by atoms with Crippen LogP contribution in [0.4, 0.5) is 4.39 Å². The molecule has 5 nitrogen and oxygen atoms in total. The van der Waals surface area contributed by atoms with Crippen molar-refractivity contribution in [3.63, 3.8) is 0 Å². The van der Waals surface area contributed by atoms with E-state index >= 15 is 0 Å². The van der Waals surface area contributed by atoms with Gasteiger partial charge in [-0.15, -0.1) is 0 Å². The smallest absolute Gasteiger partial charge is 0.218 e. The van der Waals surface area contributed by atoms with E-state index in [-0.39, 0.29) is 23.5 Å². The Kier molecular flexibility index (Phi) is 4.95. The number of sulfonamides is 1. The van der Waals surface area contributed by atoms with Crippen LogP contribution >= 0.6 is 0 Å². The van der Waals surface area contributed by atoms with Crippen molar-refractivity contribution in [3.05, 3.63) is 35.6 Å². The molecular weight excluding hydrogens is 295 g/mol. The molecule has 0 bridgehead atoms. The van der Waals surface area contributed by atoms with Gasteiger partial charge in [-0.2, -0.15) is 0 Å². The van der Waals surface area contributed by atoms with Crippen LogP contribution in [0.5, 0.6) is 0 Å². The van der Waals surface area contributed by atoms with E-state index in [1.54, 1.807) is 0 Å². The summed E-state index contributed by atoms with van der Waals surface area (Å²) < 4.78 is 38.9. The largest absolute Gasteiger partial charge is 0.354 e. The average molecular weight is 314 g/mol. The maximum absolute atomic E-state index is 12.8. The fourth-order valence-corrected chi connectivity index (χ4v) is 4.01. The number of hydrogen-bond acceptors (Lipinski definition) is 3. The fourth-order valence-electron chi connectivity index (χ4n) is 2.45. The first-order valence-corrected chi connectivity index (χ1v) is 8.47. The molecule has 1 aromatic carbocycles. The minimum Gasteiger partial charge on any atom is -0.354 e. The molecule has 21 heavy (non-hydrogen) atoms. The lowest BCUT2D eigenvalue weighted by Crippen LogP contribution is -2.46. The first kappa shape index (κ1) is 15.9. The van der Waals surface area contributed by atoms with Crippen LogP contribution in [0.25, 0.3) is 0 Å². The Hall–Kier alpha value is -1.47. The number of benzene rings is 1. The van der Waals surface area contributed by atoms with Gasteiger partial charge in [0.25, 0.3) is 0 Å². The molecule has 1 aromatic rings. The molecule has 0 aromatic heterocycles. The fraction of sp³-hybridized carbons (Fsp3) is 0.500. The third kappa shape index (κ3) is 4.50. The van der Waals surface area contributed by atoms with Gasteiger partial charge < -0.3 is 5.32 Å². The van der Waals surface area contributed by atoms with Gasteiger partial charge in [0.15, 0.2) is 0 Å². The molecule has 1 saturated heterocycles. The van der Waals surface area contributed by atoms with Crippen LogP contribution in [0.15, 0.2) is 24.3 Å². The van der Waals surface area contributed by atoms with Crippen LogP contribution in [0.1, 0.15) is 25.3 Å². The van der Waals surface area contributed by atoms with Gasteiger partial charge in [0.2, 0.25) is 15.9 Å². The van der Waals surface area contributed by atoms with Gasteiger partial charge >= 0.3 is 0 Å². The summed E-state index contributed by atoms with van der Waals surface area (Å²) in [5, 5.41) is 2.81. The molecule has 0 spiro atoms. The van der Waals surface area contributed by atoms with E-state index in [2.05, 4.69) is 5.32 Å². The Morgan fingerprint density at radius 2 is 1.86 bits per heavy atom. The summed E-state index contributed by atoms with van der Waals surface area (Å²) in [6, 6.07) is 5.52. The van der Waals surface area contributed by atoms with Crippen molar-refractivity contribution in [3.8, 4) is 0 Å². The number of halogens is 1. The monoisotopic (exact) mass is 314 g/mol. The molecule has 7 heteroatoms. The van der Waals surface area contributed by atoms with E-state index in [0.717, 1.165) is 0 Å². The topological polar surface area (TPSA) is 66.5 Å². The van der Waals surface area contributed by atoms with E-state index in [9.17, 15) is 17.6 Å². The summed E-state index contributed by atoms with van der Waals surface area (Å²) in [5.41, 5.74) is 0.570. The van der Waals surface area contributed by atoms with Crippen molar-refractivity contribution in [2.24, 2.45) is 0 Å². The summed E-state index contributed by atoms with van der Waals surface area (Å²) >= 11 is 0. The van der Waals surface area contributed by atoms with E-state index in [1.165, 1.54) is 35.5 Å². The van der Waals surface area contributed by atoms with E-state index in [4.69, 9.17) is 0 Å². The number of carbonyl (C=O) groups is 1. The Morgan fingerprint density at radius 1 is 1.29 bits per heavy atom. The summed E-state index contributed by atoms with van der Waals surface area (Å²) in [6.07, 6.45) is 1.23. The van der Waals surface area contributed by atoms with Gasteiger partial charge in [-0.1, -0.05) is 12.1 Å². The molecule has 1 aliphatic heterocycles. The Morgan fingerprint density at radius 3 is 2.38 bits per heavy atom. The highest BCUT2D eigenvalue weighted by Gasteiger charge is 2.28. The summed E-state index contributed by atoms with van der Waals surface area (Å²) in [7, 11) is -3.40. The van der Waals surface area contributed by atoms with Gasteiger partial charge in [-0.3, -0.25) is 4.79 Å². The van der Waals surface area contributed by atoms with Crippen molar-refractivity contribution >= 4 is 15.9 Å². The van der Waals surface area contributed by atoms with E-state index in [0.29, 0.717) is 31.5 Å². The van der Waals surface area contributed by atoms with Crippen LogP contribution in [0.2, 0.25) is 0 Å². The molecule has 0 atom stereocenters. The predicted molar refractivity (Wildman–Crippen MR) is 77.4 cm³/mol. The van der Waals surface area contributed by atoms with Crippen LogP contribution in [0, 0.1) is 5.82 Å². The molecule has 2 rings (SSSR count). The van der Waals surface area contributed by atoms with Crippen molar-refractivity contribution in [2.45, 2.75) is 31.6 Å². The highest BCUT2D eigenvalue weighted by molar-refractivity contribution is 7.88. The zero-order valence-electron chi connectivity index (χ0n) is 11.9. The Bertz CT molecular complexity index is 593. The lowest BCUT2D eigenvalue weighted by Gasteiger charge is -2.31. The molecule has 1 aliphatic rings. The van der Waals surface area contributed by atoms with Gasteiger partial charge in [0.1, 0.15) is 5.82 Å². The molecule has 1 fully saturated rings. The van der Waals surface area contributed by atoms with Gasteiger partial charge in [0, 0.05) is 26.1 Å². The van der Waals surface area contributed by atoms with E-state index < -0.39 is 10.0 Å². The van der Waals surface area contributed by atoms with Crippen molar-refractivity contribution in [2.75, 3.05) is 13.1 Å². The van der Waals surface area contributed by atoms with Crippen LogP contribution < -0.4 is 5.32 Å². The zero-order chi connectivity index (χ0) is 15.5. The maximum Gasteiger partial charge on any atom is 0.218 e. The first-order valence-electron chi connectivity index (χ1n) is 6.86. The van der Waals surface area contributed by atoms with Gasteiger partial charge in [-0.25, -0.2) is 17.1 Å². The minimum absolute atomic E-state index is 0.0415. The number of piperidine rings is 1. The molecule has 0 unspecified atom stereocenters. The quantitative estimate of drug-likeness (QED) is 0.910. The number of rotatable bonds is 4.